The van der Waals surface area contributed by atoms with E-state index >= 15 is 0 Å². The molecule has 0 radical (unpaired) electrons. The van der Waals surface area contributed by atoms with Crippen molar-refractivity contribution >= 4 is 27.4 Å². The first-order valence-electron chi connectivity index (χ1n) is 6.39. The lowest BCUT2D eigenvalue weighted by atomic mass is 10.1. The number of hydrogen-bond donors (Lipinski definition) is 2. The van der Waals surface area contributed by atoms with Crippen LogP contribution in [0.5, 0.6) is 0 Å². The third-order valence-corrected chi connectivity index (χ3v) is 3.71. The molecule has 2 N–H and O–H groups in total. The highest BCUT2D eigenvalue weighted by Gasteiger charge is 2.14. The monoisotopic (exact) mass is 318 g/mol. The van der Waals surface area contributed by atoms with E-state index in [0.29, 0.717) is 0 Å². The second kappa shape index (κ2) is 5.67. The van der Waals surface area contributed by atoms with Gasteiger partial charge in [0, 0.05) is 28.7 Å². The minimum atomic E-state index is 0.923. The predicted octanol–water partition coefficient (Wildman–Crippen LogP) is 2.67. The minimum Gasteiger partial charge on any atom is -0.340 e. The van der Waals surface area contributed by atoms with Gasteiger partial charge >= 0.3 is 0 Å². The Morgan fingerprint density at radius 3 is 2.95 bits per heavy atom. The third kappa shape index (κ3) is 2.93. The summed E-state index contributed by atoms with van der Waals surface area (Å²) in [4.78, 5) is 8.79. The van der Waals surface area contributed by atoms with Crippen molar-refractivity contribution in [3.63, 3.8) is 0 Å². The Bertz CT molecular complexity index is 585. The van der Waals surface area contributed by atoms with E-state index in [4.69, 9.17) is 0 Å². The van der Waals surface area contributed by atoms with E-state index in [9.17, 15) is 0 Å². The second-order valence-corrected chi connectivity index (χ2v) is 5.45. The number of fused-ring (bicyclic) bond motifs is 1. The smallest absolute Gasteiger partial charge is 0.137 e. The van der Waals surface area contributed by atoms with E-state index < -0.39 is 0 Å². The Morgan fingerprint density at radius 1 is 1.16 bits per heavy atom. The number of nitrogens with one attached hydrogen (secondary N) is 2. The van der Waals surface area contributed by atoms with Crippen LogP contribution in [0.4, 0.5) is 11.5 Å². The summed E-state index contributed by atoms with van der Waals surface area (Å²) in [6.45, 7) is 1.97. The zero-order valence-electron chi connectivity index (χ0n) is 10.5. The molecular formula is C14H15BrN4. The number of rotatable bonds is 2. The molecule has 0 atom stereocenters. The average Bonchev–Trinajstić information content (AvgIpc) is 2.65. The van der Waals surface area contributed by atoms with Crippen LogP contribution < -0.4 is 10.6 Å². The molecule has 1 aromatic heterocycles. The highest BCUT2D eigenvalue weighted by atomic mass is 79.9. The molecule has 0 amide bonds. The summed E-state index contributed by atoms with van der Waals surface area (Å²) in [7, 11) is 0. The maximum absolute atomic E-state index is 4.40. The summed E-state index contributed by atoms with van der Waals surface area (Å²) in [6.07, 6.45) is 3.57. The Kier molecular flexibility index (Phi) is 3.75. The number of anilines is 2. The molecule has 0 spiro atoms. The van der Waals surface area contributed by atoms with Crippen LogP contribution in [0.15, 0.2) is 35.1 Å². The molecule has 0 bridgehead atoms. The zero-order chi connectivity index (χ0) is 13.1. The fourth-order valence-corrected chi connectivity index (χ4v) is 2.68. The Morgan fingerprint density at radius 2 is 2.05 bits per heavy atom. The lowest BCUT2D eigenvalue weighted by molar-refractivity contribution is 0.708. The van der Waals surface area contributed by atoms with E-state index in [2.05, 4.69) is 36.5 Å². The molecule has 2 heterocycles. The molecule has 0 fully saturated rings. The Hall–Kier alpha value is -1.46. The molecule has 1 aliphatic rings. The van der Waals surface area contributed by atoms with Gasteiger partial charge in [-0.1, -0.05) is 22.0 Å². The average molecular weight is 319 g/mol. The maximum Gasteiger partial charge on any atom is 0.137 e. The van der Waals surface area contributed by atoms with Crippen LogP contribution in [-0.2, 0) is 12.8 Å². The summed E-state index contributed by atoms with van der Waals surface area (Å²) in [5, 5.41) is 6.78. The van der Waals surface area contributed by atoms with Gasteiger partial charge in [0.1, 0.15) is 12.1 Å². The van der Waals surface area contributed by atoms with Gasteiger partial charge in [-0.05, 0) is 31.2 Å². The van der Waals surface area contributed by atoms with Crippen LogP contribution in [0.3, 0.4) is 0 Å². The van der Waals surface area contributed by atoms with Crippen molar-refractivity contribution in [3.8, 4) is 0 Å². The molecule has 5 heteroatoms. The van der Waals surface area contributed by atoms with Crippen molar-refractivity contribution in [2.24, 2.45) is 0 Å². The van der Waals surface area contributed by atoms with Crippen molar-refractivity contribution in [3.05, 3.63) is 46.3 Å². The van der Waals surface area contributed by atoms with E-state index in [1.807, 2.05) is 24.3 Å². The van der Waals surface area contributed by atoms with Crippen LogP contribution in [0, 0.1) is 0 Å². The van der Waals surface area contributed by atoms with Crippen molar-refractivity contribution < 1.29 is 0 Å². The number of benzene rings is 1. The molecule has 0 aliphatic carbocycles. The van der Waals surface area contributed by atoms with Crippen molar-refractivity contribution in [2.75, 3.05) is 18.4 Å². The van der Waals surface area contributed by atoms with Crippen LogP contribution >= 0.6 is 15.9 Å². The number of aromatic nitrogens is 2. The summed E-state index contributed by atoms with van der Waals surface area (Å²) >= 11 is 3.48. The zero-order valence-corrected chi connectivity index (χ0v) is 12.1. The van der Waals surface area contributed by atoms with E-state index in [1.54, 1.807) is 6.33 Å². The molecule has 4 nitrogen and oxygen atoms in total. The van der Waals surface area contributed by atoms with Crippen molar-refractivity contribution in [1.82, 2.24) is 15.3 Å². The Balaban J connectivity index is 1.93. The third-order valence-electron chi connectivity index (χ3n) is 3.21. The van der Waals surface area contributed by atoms with Crippen LogP contribution in [-0.4, -0.2) is 23.1 Å². The highest BCUT2D eigenvalue weighted by molar-refractivity contribution is 9.10. The Labute approximate surface area is 120 Å². The first-order valence-corrected chi connectivity index (χ1v) is 7.18. The SMILES string of the molecule is Brc1cccc(Nc2ncnc3c2CCNCC3)c1. The summed E-state index contributed by atoms with van der Waals surface area (Å²) in [5.41, 5.74) is 3.41. The number of hydrogen-bond acceptors (Lipinski definition) is 4. The van der Waals surface area contributed by atoms with Gasteiger partial charge in [-0.25, -0.2) is 9.97 Å². The molecule has 1 aromatic carbocycles. The molecule has 98 valence electrons. The van der Waals surface area contributed by atoms with Gasteiger partial charge in [-0.3, -0.25) is 0 Å². The lowest BCUT2D eigenvalue weighted by Crippen LogP contribution is -2.16. The molecule has 3 rings (SSSR count). The van der Waals surface area contributed by atoms with Crippen molar-refractivity contribution in [2.45, 2.75) is 12.8 Å². The van der Waals surface area contributed by atoms with Crippen LogP contribution in [0.1, 0.15) is 11.3 Å². The molecule has 0 saturated carbocycles. The van der Waals surface area contributed by atoms with Gasteiger partial charge in [-0.2, -0.15) is 0 Å². The van der Waals surface area contributed by atoms with E-state index in [-0.39, 0.29) is 0 Å². The molecular weight excluding hydrogens is 304 g/mol. The van der Waals surface area contributed by atoms with Gasteiger partial charge in [0.05, 0.1) is 5.69 Å². The summed E-state index contributed by atoms with van der Waals surface area (Å²) in [5.74, 6) is 0.923. The van der Waals surface area contributed by atoms with Crippen molar-refractivity contribution in [1.29, 1.82) is 0 Å². The fraction of sp³-hybridized carbons (Fsp3) is 0.286. The topological polar surface area (TPSA) is 49.8 Å². The number of halogens is 1. The summed E-state index contributed by atoms with van der Waals surface area (Å²) < 4.78 is 1.05. The first kappa shape index (κ1) is 12.6. The van der Waals surface area contributed by atoms with Gasteiger partial charge in [-0.15, -0.1) is 0 Å². The van der Waals surface area contributed by atoms with Gasteiger partial charge in [0.25, 0.3) is 0 Å². The normalized spacial score (nSPS) is 14.6. The van der Waals surface area contributed by atoms with Gasteiger partial charge in [0.15, 0.2) is 0 Å². The quantitative estimate of drug-likeness (QED) is 0.893. The first-order chi connectivity index (χ1) is 9.33. The maximum atomic E-state index is 4.40. The fourth-order valence-electron chi connectivity index (χ4n) is 2.28. The molecule has 2 aromatic rings. The second-order valence-electron chi connectivity index (χ2n) is 4.53. The number of nitrogens with zero attached hydrogens (tertiary/aromatic N) is 2. The van der Waals surface area contributed by atoms with Crippen LogP contribution in [0.25, 0.3) is 0 Å². The molecule has 0 unspecified atom stereocenters. The van der Waals surface area contributed by atoms with E-state index in [0.717, 1.165) is 47.6 Å². The predicted molar refractivity (Wildman–Crippen MR) is 79.7 cm³/mol. The molecule has 1 aliphatic heterocycles. The van der Waals surface area contributed by atoms with Gasteiger partial charge < -0.3 is 10.6 Å². The van der Waals surface area contributed by atoms with Crippen LogP contribution in [0.2, 0.25) is 0 Å². The minimum absolute atomic E-state index is 0.923. The largest absolute Gasteiger partial charge is 0.340 e. The summed E-state index contributed by atoms with van der Waals surface area (Å²) in [6, 6.07) is 8.10. The molecule has 19 heavy (non-hydrogen) atoms. The van der Waals surface area contributed by atoms with Gasteiger partial charge in [0.2, 0.25) is 0 Å². The lowest BCUT2D eigenvalue weighted by Gasteiger charge is -2.12. The highest BCUT2D eigenvalue weighted by Crippen LogP contribution is 2.24. The molecule has 0 saturated heterocycles. The van der Waals surface area contributed by atoms with E-state index in [1.165, 1.54) is 5.56 Å². The standard InChI is InChI=1S/C14H15BrN4/c15-10-2-1-3-11(8-10)19-14-12-4-6-16-7-5-13(12)17-9-18-14/h1-3,8-9,16H,4-7H2,(H,17,18,19).